The van der Waals surface area contributed by atoms with E-state index in [9.17, 15) is 0 Å². The molecular formula is C42H30N2S. The normalized spacial score (nSPS) is 11.1. The predicted octanol–water partition coefficient (Wildman–Crippen LogP) is 12.7. The van der Waals surface area contributed by atoms with Crippen LogP contribution < -0.4 is 9.80 Å². The molecule has 214 valence electrons. The van der Waals surface area contributed by atoms with Crippen LogP contribution in [0.25, 0.3) is 31.3 Å². The minimum absolute atomic E-state index is 1.12. The first-order valence-electron chi connectivity index (χ1n) is 15.2. The number of para-hydroxylation sites is 4. The van der Waals surface area contributed by atoms with Crippen molar-refractivity contribution in [1.82, 2.24) is 0 Å². The van der Waals surface area contributed by atoms with Gasteiger partial charge in [0.05, 0.1) is 16.1 Å². The van der Waals surface area contributed by atoms with Crippen molar-refractivity contribution in [1.29, 1.82) is 0 Å². The molecule has 8 rings (SSSR count). The van der Waals surface area contributed by atoms with E-state index in [2.05, 4.69) is 192 Å². The summed E-state index contributed by atoms with van der Waals surface area (Å²) in [4.78, 5) is 4.74. The van der Waals surface area contributed by atoms with Crippen LogP contribution in [0.1, 0.15) is 0 Å². The van der Waals surface area contributed by atoms with Crippen molar-refractivity contribution in [3.63, 3.8) is 0 Å². The maximum atomic E-state index is 2.40. The molecule has 0 amide bonds. The van der Waals surface area contributed by atoms with Gasteiger partial charge in [-0.2, -0.15) is 0 Å². The third-order valence-electron chi connectivity index (χ3n) is 8.23. The van der Waals surface area contributed by atoms with Gasteiger partial charge in [-0.15, -0.1) is 11.3 Å². The molecule has 0 N–H and O–H groups in total. The zero-order valence-corrected chi connectivity index (χ0v) is 25.4. The lowest BCUT2D eigenvalue weighted by Gasteiger charge is -2.29. The smallest absolute Gasteiger partial charge is 0.0640 e. The molecule has 3 heteroatoms. The zero-order valence-electron chi connectivity index (χ0n) is 24.6. The summed E-state index contributed by atoms with van der Waals surface area (Å²) in [7, 11) is 0. The molecule has 0 aliphatic carbocycles. The molecule has 8 aromatic rings. The topological polar surface area (TPSA) is 6.48 Å². The van der Waals surface area contributed by atoms with Crippen LogP contribution in [0.4, 0.5) is 34.1 Å². The summed E-state index contributed by atoms with van der Waals surface area (Å²) in [5.74, 6) is 0. The van der Waals surface area contributed by atoms with Gasteiger partial charge in [0.15, 0.2) is 0 Å². The fraction of sp³-hybridized carbons (Fsp3) is 0. The molecular weight excluding hydrogens is 565 g/mol. The Labute approximate surface area is 267 Å². The number of nitrogens with zero attached hydrogens (tertiary/aromatic N) is 2. The summed E-state index contributed by atoms with van der Waals surface area (Å²) in [6, 6.07) is 64.9. The predicted molar refractivity (Wildman–Crippen MR) is 194 cm³/mol. The Kier molecular flexibility index (Phi) is 7.07. The molecule has 1 aromatic heterocycles. The van der Waals surface area contributed by atoms with E-state index in [1.807, 2.05) is 11.3 Å². The highest BCUT2D eigenvalue weighted by Crippen LogP contribution is 2.46. The fourth-order valence-corrected chi connectivity index (χ4v) is 7.43. The second kappa shape index (κ2) is 11.8. The highest BCUT2D eigenvalue weighted by Gasteiger charge is 2.20. The standard InChI is InChI=1S/C42H30N2S/c1-4-17-32(18-5-1)43(33-19-6-2-7-20-33)39-27-12-10-24-36(39)31-16-14-23-35(30-31)44(34-21-8-3-9-22-34)40-28-15-26-38-37-25-11-13-29-41(37)45-42(38)40/h1-30H. The lowest BCUT2D eigenvalue weighted by atomic mass is 10.0. The van der Waals surface area contributed by atoms with Crippen LogP contribution in [0, 0.1) is 0 Å². The first-order valence-corrected chi connectivity index (χ1v) is 16.0. The lowest BCUT2D eigenvalue weighted by Crippen LogP contribution is -2.11. The minimum Gasteiger partial charge on any atom is -0.310 e. The highest BCUT2D eigenvalue weighted by atomic mass is 32.1. The quantitative estimate of drug-likeness (QED) is 0.181. The summed E-state index contributed by atoms with van der Waals surface area (Å²) in [5, 5.41) is 2.59. The number of anilines is 6. The molecule has 2 nitrogen and oxygen atoms in total. The van der Waals surface area contributed by atoms with Gasteiger partial charge in [0.2, 0.25) is 0 Å². The number of thiophene rings is 1. The third kappa shape index (κ3) is 5.04. The van der Waals surface area contributed by atoms with Gasteiger partial charge in [-0.25, -0.2) is 0 Å². The maximum Gasteiger partial charge on any atom is 0.0640 e. The van der Waals surface area contributed by atoms with Gasteiger partial charge in [0.1, 0.15) is 0 Å². The van der Waals surface area contributed by atoms with Crippen molar-refractivity contribution < 1.29 is 0 Å². The largest absolute Gasteiger partial charge is 0.310 e. The Morgan fingerprint density at radius 1 is 0.356 bits per heavy atom. The van der Waals surface area contributed by atoms with Crippen molar-refractivity contribution in [2.45, 2.75) is 0 Å². The molecule has 0 bridgehead atoms. The third-order valence-corrected chi connectivity index (χ3v) is 9.44. The molecule has 0 aliphatic rings. The Bertz CT molecular complexity index is 2180. The Balaban J connectivity index is 1.31. The average Bonchev–Trinajstić information content (AvgIpc) is 3.50. The highest BCUT2D eigenvalue weighted by molar-refractivity contribution is 7.26. The molecule has 0 saturated carbocycles. The Morgan fingerprint density at radius 2 is 0.844 bits per heavy atom. The van der Waals surface area contributed by atoms with E-state index >= 15 is 0 Å². The molecule has 0 radical (unpaired) electrons. The van der Waals surface area contributed by atoms with Crippen LogP contribution in [-0.2, 0) is 0 Å². The number of fused-ring (bicyclic) bond motifs is 3. The molecule has 0 aliphatic heterocycles. The van der Waals surface area contributed by atoms with Gasteiger partial charge in [0.25, 0.3) is 0 Å². The monoisotopic (exact) mass is 594 g/mol. The van der Waals surface area contributed by atoms with Gasteiger partial charge in [-0.1, -0.05) is 115 Å². The van der Waals surface area contributed by atoms with E-state index in [1.54, 1.807) is 0 Å². The fourth-order valence-electron chi connectivity index (χ4n) is 6.22. The van der Waals surface area contributed by atoms with Crippen LogP contribution in [-0.4, -0.2) is 0 Å². The number of hydrogen-bond donors (Lipinski definition) is 0. The molecule has 0 fully saturated rings. The second-order valence-corrected chi connectivity index (χ2v) is 12.0. The molecule has 0 unspecified atom stereocenters. The van der Waals surface area contributed by atoms with E-state index in [0.29, 0.717) is 0 Å². The number of hydrogen-bond acceptors (Lipinski definition) is 3. The summed E-state index contributed by atoms with van der Waals surface area (Å²) >= 11 is 1.86. The summed E-state index contributed by atoms with van der Waals surface area (Å²) < 4.78 is 2.59. The van der Waals surface area contributed by atoms with Crippen molar-refractivity contribution in [3.8, 4) is 11.1 Å². The Morgan fingerprint density at radius 3 is 1.53 bits per heavy atom. The van der Waals surface area contributed by atoms with Crippen LogP contribution in [0.15, 0.2) is 182 Å². The molecule has 7 aromatic carbocycles. The summed E-state index contributed by atoms with van der Waals surface area (Å²) in [5.41, 5.74) is 9.12. The summed E-state index contributed by atoms with van der Waals surface area (Å²) in [6.45, 7) is 0. The van der Waals surface area contributed by atoms with Crippen LogP contribution in [0.2, 0.25) is 0 Å². The van der Waals surface area contributed by atoms with E-state index < -0.39 is 0 Å². The van der Waals surface area contributed by atoms with Gasteiger partial charge in [0, 0.05) is 43.8 Å². The van der Waals surface area contributed by atoms with Crippen LogP contribution in [0.3, 0.4) is 0 Å². The Hall–Kier alpha value is -5.64. The molecule has 1 heterocycles. The molecule has 0 atom stereocenters. The summed E-state index contributed by atoms with van der Waals surface area (Å²) in [6.07, 6.45) is 0. The van der Waals surface area contributed by atoms with E-state index in [0.717, 1.165) is 34.0 Å². The van der Waals surface area contributed by atoms with Crippen LogP contribution >= 0.6 is 11.3 Å². The SMILES string of the molecule is c1ccc(N(c2ccccc2)c2ccccc2-c2cccc(N(c3ccccc3)c3cccc4c3sc3ccccc34)c2)cc1. The first-order chi connectivity index (χ1) is 22.3. The lowest BCUT2D eigenvalue weighted by molar-refractivity contribution is 1.28. The van der Waals surface area contributed by atoms with Crippen molar-refractivity contribution in [3.05, 3.63) is 182 Å². The van der Waals surface area contributed by atoms with Gasteiger partial charge in [-0.05, 0) is 72.3 Å². The zero-order chi connectivity index (χ0) is 30.0. The van der Waals surface area contributed by atoms with Crippen molar-refractivity contribution in [2.75, 3.05) is 9.80 Å². The van der Waals surface area contributed by atoms with Crippen LogP contribution in [0.5, 0.6) is 0 Å². The van der Waals surface area contributed by atoms with Gasteiger partial charge >= 0.3 is 0 Å². The van der Waals surface area contributed by atoms with Gasteiger partial charge in [-0.3, -0.25) is 0 Å². The first kappa shape index (κ1) is 26.9. The molecule has 0 saturated heterocycles. The number of rotatable bonds is 7. The van der Waals surface area contributed by atoms with Crippen molar-refractivity contribution in [2.24, 2.45) is 0 Å². The van der Waals surface area contributed by atoms with E-state index in [4.69, 9.17) is 0 Å². The molecule has 0 spiro atoms. The average molecular weight is 595 g/mol. The van der Waals surface area contributed by atoms with E-state index in [1.165, 1.54) is 31.4 Å². The minimum atomic E-state index is 1.12. The number of benzene rings is 7. The van der Waals surface area contributed by atoms with Crippen molar-refractivity contribution >= 4 is 65.6 Å². The second-order valence-electron chi connectivity index (χ2n) is 11.0. The maximum absolute atomic E-state index is 2.40. The van der Waals surface area contributed by atoms with Gasteiger partial charge < -0.3 is 9.80 Å². The molecule has 45 heavy (non-hydrogen) atoms. The van der Waals surface area contributed by atoms with E-state index in [-0.39, 0.29) is 0 Å².